The summed E-state index contributed by atoms with van der Waals surface area (Å²) in [6, 6.07) is 0. The van der Waals surface area contributed by atoms with E-state index in [0.717, 1.165) is 12.8 Å². The molecule has 0 bridgehead atoms. The van der Waals surface area contributed by atoms with Gasteiger partial charge in [0.15, 0.2) is 0 Å². The smallest absolute Gasteiger partial charge is 0.0805 e. The Labute approximate surface area is 187 Å². The number of rotatable bonds is 21. The van der Waals surface area contributed by atoms with Gasteiger partial charge >= 0.3 is 0 Å². The van der Waals surface area contributed by atoms with E-state index in [9.17, 15) is 30.6 Å². The van der Waals surface area contributed by atoms with Crippen LogP contribution in [-0.4, -0.2) is 92.2 Å². The number of aliphatic hydroxyl groups is 8. The van der Waals surface area contributed by atoms with Crippen molar-refractivity contribution < 1.29 is 40.9 Å². The normalized spacial score (nSPS) is 18.0. The minimum atomic E-state index is -1.06. The molecule has 0 rings (SSSR count). The van der Waals surface area contributed by atoms with Crippen molar-refractivity contribution in [2.45, 2.75) is 89.4 Å². The second-order valence-corrected chi connectivity index (χ2v) is 8.93. The average molecular weight is 452 g/mol. The number of aliphatic hydroxyl groups excluding tert-OH is 8. The summed E-state index contributed by atoms with van der Waals surface area (Å²) in [5.41, 5.74) is 0. The maximum Gasteiger partial charge on any atom is 0.0805 e. The molecule has 31 heavy (non-hydrogen) atoms. The third-order valence-electron chi connectivity index (χ3n) is 6.09. The van der Waals surface area contributed by atoms with E-state index in [2.05, 4.69) is 0 Å². The van der Waals surface area contributed by atoms with Crippen LogP contribution in [-0.2, 0) is 0 Å². The van der Waals surface area contributed by atoms with E-state index in [1.54, 1.807) is 6.92 Å². The van der Waals surface area contributed by atoms with Gasteiger partial charge in [0.25, 0.3) is 0 Å². The molecular formula is C23H47O8. The van der Waals surface area contributed by atoms with Crippen LogP contribution in [0.5, 0.6) is 0 Å². The first-order valence-electron chi connectivity index (χ1n) is 11.8. The fourth-order valence-corrected chi connectivity index (χ4v) is 4.24. The van der Waals surface area contributed by atoms with Crippen LogP contribution in [0.3, 0.4) is 0 Å². The average Bonchev–Trinajstić information content (AvgIpc) is 2.76. The quantitative estimate of drug-likeness (QED) is 0.116. The van der Waals surface area contributed by atoms with E-state index >= 15 is 0 Å². The molecule has 8 heteroatoms. The van der Waals surface area contributed by atoms with Crippen LogP contribution < -0.4 is 0 Å². The summed E-state index contributed by atoms with van der Waals surface area (Å²) in [6.45, 7) is 0.954. The maximum absolute atomic E-state index is 10.5. The first kappa shape index (κ1) is 30.7. The lowest BCUT2D eigenvalue weighted by molar-refractivity contribution is 0.0245. The summed E-state index contributed by atoms with van der Waals surface area (Å²) in [4.78, 5) is 0. The number of hydrogen-bond donors (Lipinski definition) is 8. The Bertz CT molecular complexity index is 396. The molecule has 8 N–H and O–H groups in total. The highest BCUT2D eigenvalue weighted by Gasteiger charge is 2.32. The summed E-state index contributed by atoms with van der Waals surface area (Å²) in [7, 11) is 0. The van der Waals surface area contributed by atoms with E-state index in [0.29, 0.717) is 57.3 Å². The second kappa shape index (κ2) is 19.2. The van der Waals surface area contributed by atoms with Gasteiger partial charge in [0.1, 0.15) is 0 Å². The molecule has 0 aliphatic rings. The number of unbranched alkanes of at least 4 members (excludes halogenated alkanes) is 1. The van der Waals surface area contributed by atoms with Crippen molar-refractivity contribution in [2.24, 2.45) is 17.8 Å². The van der Waals surface area contributed by atoms with E-state index in [-0.39, 0.29) is 38.3 Å². The lowest BCUT2D eigenvalue weighted by atomic mass is 9.74. The molecule has 1 radical (unpaired) electrons. The van der Waals surface area contributed by atoms with Gasteiger partial charge in [-0.15, -0.1) is 0 Å². The first-order chi connectivity index (χ1) is 14.8. The zero-order valence-electron chi connectivity index (χ0n) is 19.1. The van der Waals surface area contributed by atoms with Gasteiger partial charge in [-0.1, -0.05) is 12.8 Å². The summed E-state index contributed by atoms with van der Waals surface area (Å²) in [5, 5.41) is 77.8. The van der Waals surface area contributed by atoms with Crippen LogP contribution in [0.15, 0.2) is 0 Å². The standard InChI is InChI=1S/C23H47O8/c1-17(29)7-8-21(30)12-18(5-2-3-9-24)13-22(23(31)16-28)20(15-27)11-19(14-26)6-4-10-25/h17-19,21-31H,2-16H2,1H3. The van der Waals surface area contributed by atoms with Crippen molar-refractivity contribution >= 4 is 0 Å². The molecule has 0 aromatic heterocycles. The monoisotopic (exact) mass is 451 g/mol. The van der Waals surface area contributed by atoms with Gasteiger partial charge in [0.2, 0.25) is 0 Å². The molecule has 0 heterocycles. The van der Waals surface area contributed by atoms with Crippen LogP contribution in [0.2, 0.25) is 0 Å². The lowest BCUT2D eigenvalue weighted by Crippen LogP contribution is -2.35. The molecule has 0 aliphatic carbocycles. The molecule has 0 spiro atoms. The van der Waals surface area contributed by atoms with Crippen molar-refractivity contribution in [3.05, 3.63) is 5.92 Å². The van der Waals surface area contributed by atoms with Gasteiger partial charge in [-0.25, -0.2) is 0 Å². The van der Waals surface area contributed by atoms with E-state index in [1.807, 2.05) is 0 Å². The van der Waals surface area contributed by atoms with Crippen LogP contribution in [0.25, 0.3) is 0 Å². The van der Waals surface area contributed by atoms with E-state index < -0.39 is 30.8 Å². The van der Waals surface area contributed by atoms with Crippen molar-refractivity contribution in [3.8, 4) is 0 Å². The Balaban J connectivity index is 5.28. The Morgan fingerprint density at radius 1 is 0.677 bits per heavy atom. The number of hydrogen-bond acceptors (Lipinski definition) is 8. The van der Waals surface area contributed by atoms with Gasteiger partial charge in [-0.05, 0) is 76.0 Å². The topological polar surface area (TPSA) is 162 Å². The molecule has 0 aromatic carbocycles. The lowest BCUT2D eigenvalue weighted by Gasteiger charge is -2.34. The van der Waals surface area contributed by atoms with Crippen molar-refractivity contribution in [1.82, 2.24) is 0 Å². The van der Waals surface area contributed by atoms with Gasteiger partial charge in [0.05, 0.1) is 24.9 Å². The van der Waals surface area contributed by atoms with E-state index in [4.69, 9.17) is 10.2 Å². The molecule has 8 nitrogen and oxygen atoms in total. The molecule has 0 aromatic rings. The summed E-state index contributed by atoms with van der Waals surface area (Å²) >= 11 is 0. The van der Waals surface area contributed by atoms with Crippen molar-refractivity contribution in [3.63, 3.8) is 0 Å². The maximum atomic E-state index is 10.5. The first-order valence-corrected chi connectivity index (χ1v) is 11.8. The van der Waals surface area contributed by atoms with Crippen molar-refractivity contribution in [2.75, 3.05) is 33.0 Å². The molecule has 0 fully saturated rings. The van der Waals surface area contributed by atoms with Crippen LogP contribution in [0, 0.1) is 23.7 Å². The predicted octanol–water partition coefficient (Wildman–Crippen LogP) is 0.375. The minimum Gasteiger partial charge on any atom is -0.396 e. The fraction of sp³-hybridized carbons (Fsp3) is 0.957. The highest BCUT2D eigenvalue weighted by Crippen LogP contribution is 2.35. The summed E-state index contributed by atoms with van der Waals surface area (Å²) in [6.07, 6.45) is 3.39. The molecule has 0 saturated carbocycles. The SMILES string of the molecule is CC(O)CCC(O)CC(CCCCO)CC([C](CO)CC(CO)CCCO)C(O)CO. The molecule has 6 atom stereocenters. The van der Waals surface area contributed by atoms with Crippen LogP contribution >= 0.6 is 0 Å². The third-order valence-corrected chi connectivity index (χ3v) is 6.09. The van der Waals surface area contributed by atoms with Crippen molar-refractivity contribution in [1.29, 1.82) is 0 Å². The Kier molecular flexibility index (Phi) is 19.0. The Morgan fingerprint density at radius 2 is 1.32 bits per heavy atom. The molecule has 6 unspecified atom stereocenters. The zero-order valence-corrected chi connectivity index (χ0v) is 19.1. The molecule has 0 saturated heterocycles. The fourth-order valence-electron chi connectivity index (χ4n) is 4.24. The van der Waals surface area contributed by atoms with E-state index in [1.165, 1.54) is 0 Å². The highest BCUT2D eigenvalue weighted by molar-refractivity contribution is 5.01. The second-order valence-electron chi connectivity index (χ2n) is 8.93. The van der Waals surface area contributed by atoms with Gasteiger partial charge < -0.3 is 40.9 Å². The summed E-state index contributed by atoms with van der Waals surface area (Å²) in [5.74, 6) is 0.0333. The molecule has 0 amide bonds. The molecule has 0 aliphatic heterocycles. The Hall–Kier alpha value is -0.320. The molecular weight excluding hydrogens is 404 g/mol. The van der Waals surface area contributed by atoms with Gasteiger partial charge in [-0.2, -0.15) is 0 Å². The molecule has 187 valence electrons. The van der Waals surface area contributed by atoms with Crippen LogP contribution in [0.1, 0.15) is 71.1 Å². The highest BCUT2D eigenvalue weighted by atomic mass is 16.3. The van der Waals surface area contributed by atoms with Crippen LogP contribution in [0.4, 0.5) is 0 Å². The largest absolute Gasteiger partial charge is 0.396 e. The minimum absolute atomic E-state index is 0.00770. The third kappa shape index (κ3) is 14.4. The predicted molar refractivity (Wildman–Crippen MR) is 119 cm³/mol. The zero-order chi connectivity index (χ0) is 23.6. The van der Waals surface area contributed by atoms with Gasteiger partial charge in [0, 0.05) is 32.3 Å². The Morgan fingerprint density at radius 3 is 1.84 bits per heavy atom. The summed E-state index contributed by atoms with van der Waals surface area (Å²) < 4.78 is 0. The van der Waals surface area contributed by atoms with Gasteiger partial charge in [-0.3, -0.25) is 0 Å².